The molecule has 0 spiro atoms. The minimum absolute atomic E-state index is 0.626. The standard InChI is InChI=1S/C28H18N4/c1-17-9-3-5-11-19(17)24-23-21-13-7-8-14-22(21)27(31-15-29)26(23)25(28(24)32-16-30)20-12-6-4-10-18(20)2/h3-14H,1-2H3. The Labute approximate surface area is 185 Å². The fraction of sp³-hybridized carbons (Fsp3) is 0.0714. The van der Waals surface area contributed by atoms with Crippen molar-refractivity contribution >= 4 is 10.8 Å². The number of hydrogen-bond donors (Lipinski definition) is 0. The molecule has 4 heteroatoms. The summed E-state index contributed by atoms with van der Waals surface area (Å²) in [6.45, 7) is 4.10. The molecule has 0 heterocycles. The normalized spacial score (nSPS) is 12.4. The summed E-state index contributed by atoms with van der Waals surface area (Å²) in [5.41, 5.74) is 7.77. The lowest BCUT2D eigenvalue weighted by molar-refractivity contribution is 1.33. The number of nitrogens with zero attached hydrogens (tertiary/aromatic N) is 4. The monoisotopic (exact) mass is 410 g/mol. The molecule has 3 aromatic carbocycles. The quantitative estimate of drug-likeness (QED) is 0.359. The molecule has 0 aromatic heterocycles. The average Bonchev–Trinajstić information content (AvgIpc) is 3.28. The molecule has 4 nitrogen and oxygen atoms in total. The molecule has 0 fully saturated rings. The van der Waals surface area contributed by atoms with Crippen LogP contribution in [-0.4, -0.2) is 0 Å². The molecule has 3 aromatic rings. The van der Waals surface area contributed by atoms with Gasteiger partial charge in [0.2, 0.25) is 12.4 Å². The first-order valence-electron chi connectivity index (χ1n) is 10.3. The second kappa shape index (κ2) is 7.61. The number of rotatable bonds is 2. The first kappa shape index (κ1) is 19.4. The Balaban J connectivity index is 2.15. The van der Waals surface area contributed by atoms with Crippen LogP contribution < -0.4 is 10.7 Å². The van der Waals surface area contributed by atoms with E-state index in [4.69, 9.17) is 0 Å². The Hall–Kier alpha value is -4.54. The van der Waals surface area contributed by atoms with E-state index in [2.05, 4.69) is 29.0 Å². The molecule has 0 bridgehead atoms. The maximum absolute atomic E-state index is 9.66. The van der Waals surface area contributed by atoms with Crippen LogP contribution in [0.5, 0.6) is 0 Å². The van der Waals surface area contributed by atoms with E-state index in [-0.39, 0.29) is 0 Å². The van der Waals surface area contributed by atoms with Crippen LogP contribution in [0.3, 0.4) is 0 Å². The Kier molecular flexibility index (Phi) is 4.62. The zero-order valence-electron chi connectivity index (χ0n) is 17.7. The summed E-state index contributed by atoms with van der Waals surface area (Å²) in [6.07, 6.45) is 4.01. The van der Waals surface area contributed by atoms with Gasteiger partial charge < -0.3 is 0 Å². The van der Waals surface area contributed by atoms with Gasteiger partial charge in [0.15, 0.2) is 0 Å². The van der Waals surface area contributed by atoms with Gasteiger partial charge in [0, 0.05) is 27.6 Å². The molecular weight excluding hydrogens is 392 g/mol. The fourth-order valence-corrected chi connectivity index (χ4v) is 4.72. The van der Waals surface area contributed by atoms with E-state index >= 15 is 0 Å². The molecule has 0 N–H and O–H groups in total. The van der Waals surface area contributed by atoms with Gasteiger partial charge in [-0.2, -0.15) is 20.5 Å². The van der Waals surface area contributed by atoms with Crippen LogP contribution in [0.1, 0.15) is 11.1 Å². The van der Waals surface area contributed by atoms with E-state index in [9.17, 15) is 10.5 Å². The molecule has 0 saturated heterocycles. The fourth-order valence-electron chi connectivity index (χ4n) is 4.72. The third kappa shape index (κ3) is 2.75. The van der Waals surface area contributed by atoms with Gasteiger partial charge in [-0.25, -0.2) is 0 Å². The van der Waals surface area contributed by atoms with Crippen LogP contribution in [0.2, 0.25) is 0 Å². The SMILES string of the molecule is Cc1ccccc1-c1c2c(=NC#N)c3ccccc3c-2c(-c2ccccc2C)c1=NC#N. The molecule has 2 aliphatic carbocycles. The van der Waals surface area contributed by atoms with Crippen molar-refractivity contribution in [1.29, 1.82) is 10.5 Å². The Bertz CT molecular complexity index is 1670. The first-order chi connectivity index (χ1) is 15.7. The largest absolute Gasteiger partial charge is 0.206 e. The van der Waals surface area contributed by atoms with E-state index in [0.717, 1.165) is 55.3 Å². The second-order valence-electron chi connectivity index (χ2n) is 7.80. The van der Waals surface area contributed by atoms with Crippen LogP contribution in [-0.2, 0) is 0 Å². The third-order valence-electron chi connectivity index (χ3n) is 6.06. The van der Waals surface area contributed by atoms with Crippen molar-refractivity contribution in [2.24, 2.45) is 9.98 Å². The summed E-state index contributed by atoms with van der Waals surface area (Å²) in [5, 5.41) is 22.4. The van der Waals surface area contributed by atoms with Gasteiger partial charge >= 0.3 is 0 Å². The van der Waals surface area contributed by atoms with Crippen molar-refractivity contribution in [1.82, 2.24) is 0 Å². The molecule has 0 saturated carbocycles. The number of aryl methyl sites for hydroxylation is 2. The summed E-state index contributed by atoms with van der Waals surface area (Å²) in [7, 11) is 0. The van der Waals surface area contributed by atoms with Crippen LogP contribution in [0.25, 0.3) is 44.2 Å². The zero-order chi connectivity index (χ0) is 22.2. The summed E-state index contributed by atoms with van der Waals surface area (Å²) < 4.78 is 0. The molecule has 0 unspecified atom stereocenters. The molecule has 150 valence electrons. The zero-order valence-corrected chi connectivity index (χ0v) is 17.7. The van der Waals surface area contributed by atoms with Crippen LogP contribution in [0.4, 0.5) is 0 Å². The van der Waals surface area contributed by atoms with E-state index in [1.807, 2.05) is 80.0 Å². The molecule has 0 radical (unpaired) electrons. The van der Waals surface area contributed by atoms with Gasteiger partial charge in [-0.05, 0) is 41.5 Å². The highest BCUT2D eigenvalue weighted by atomic mass is 14.7. The smallest absolute Gasteiger partial charge is 0.172 e. The van der Waals surface area contributed by atoms with Gasteiger partial charge in [0.25, 0.3) is 0 Å². The summed E-state index contributed by atoms with van der Waals surface area (Å²) in [5.74, 6) is 0. The lowest BCUT2D eigenvalue weighted by atomic mass is 9.97. The van der Waals surface area contributed by atoms with Crippen LogP contribution >= 0.6 is 0 Å². The molecule has 0 amide bonds. The molecule has 5 rings (SSSR count). The molecule has 32 heavy (non-hydrogen) atoms. The van der Waals surface area contributed by atoms with Crippen molar-refractivity contribution in [3.63, 3.8) is 0 Å². The topological polar surface area (TPSA) is 72.3 Å². The van der Waals surface area contributed by atoms with E-state index in [0.29, 0.717) is 10.7 Å². The van der Waals surface area contributed by atoms with Gasteiger partial charge in [0.05, 0.1) is 10.7 Å². The minimum Gasteiger partial charge on any atom is -0.172 e. The van der Waals surface area contributed by atoms with Crippen LogP contribution in [0, 0.1) is 36.8 Å². The highest BCUT2D eigenvalue weighted by molar-refractivity contribution is 6.14. The number of fused-ring (bicyclic) bond motifs is 3. The van der Waals surface area contributed by atoms with E-state index < -0.39 is 0 Å². The molecule has 0 atom stereocenters. The van der Waals surface area contributed by atoms with Crippen molar-refractivity contribution < 1.29 is 0 Å². The predicted octanol–water partition coefficient (Wildman–Crippen LogP) is 5.53. The van der Waals surface area contributed by atoms with E-state index in [1.165, 1.54) is 0 Å². The summed E-state index contributed by atoms with van der Waals surface area (Å²) in [6, 6.07) is 24.2. The van der Waals surface area contributed by atoms with E-state index in [1.54, 1.807) is 0 Å². The average molecular weight is 410 g/mol. The maximum Gasteiger partial charge on any atom is 0.206 e. The second-order valence-corrected chi connectivity index (χ2v) is 7.80. The number of benzene rings is 3. The molecule has 2 aliphatic rings. The lowest BCUT2D eigenvalue weighted by Crippen LogP contribution is -2.08. The summed E-state index contributed by atoms with van der Waals surface area (Å²) >= 11 is 0. The van der Waals surface area contributed by atoms with Gasteiger partial charge in [-0.1, -0.05) is 72.8 Å². The third-order valence-corrected chi connectivity index (χ3v) is 6.06. The highest BCUT2D eigenvalue weighted by Crippen LogP contribution is 2.44. The van der Waals surface area contributed by atoms with Gasteiger partial charge in [-0.3, -0.25) is 0 Å². The maximum atomic E-state index is 9.66. The van der Waals surface area contributed by atoms with Gasteiger partial charge in [-0.15, -0.1) is 0 Å². The van der Waals surface area contributed by atoms with Gasteiger partial charge in [0.1, 0.15) is 0 Å². The van der Waals surface area contributed by atoms with Crippen molar-refractivity contribution in [3.05, 3.63) is 94.6 Å². The van der Waals surface area contributed by atoms with Crippen molar-refractivity contribution in [2.75, 3.05) is 0 Å². The number of hydrogen-bond acceptors (Lipinski definition) is 4. The molecular formula is C28H18N4. The Morgan fingerprint density at radius 2 is 1.00 bits per heavy atom. The minimum atomic E-state index is 0.626. The van der Waals surface area contributed by atoms with Crippen molar-refractivity contribution in [2.45, 2.75) is 13.8 Å². The first-order valence-corrected chi connectivity index (χ1v) is 10.3. The Morgan fingerprint density at radius 3 is 1.56 bits per heavy atom. The lowest BCUT2D eigenvalue weighted by Gasteiger charge is -2.06. The van der Waals surface area contributed by atoms with Crippen molar-refractivity contribution in [3.8, 4) is 45.8 Å². The predicted molar refractivity (Wildman–Crippen MR) is 126 cm³/mol. The number of nitriles is 2. The summed E-state index contributed by atoms with van der Waals surface area (Å²) in [4.78, 5) is 8.59. The van der Waals surface area contributed by atoms with Crippen LogP contribution in [0.15, 0.2) is 82.8 Å². The Morgan fingerprint density at radius 1 is 0.531 bits per heavy atom. The highest BCUT2D eigenvalue weighted by Gasteiger charge is 2.30. The molecule has 0 aliphatic heterocycles.